The van der Waals surface area contributed by atoms with E-state index in [1.54, 1.807) is 0 Å². The van der Waals surface area contributed by atoms with Gasteiger partial charge in [0.1, 0.15) is 0 Å². The molecule has 0 bridgehead atoms. The fourth-order valence-corrected chi connectivity index (χ4v) is 2.52. The van der Waals surface area contributed by atoms with Crippen LogP contribution in [0.2, 0.25) is 0 Å². The lowest BCUT2D eigenvalue weighted by atomic mass is 9.99. The highest BCUT2D eigenvalue weighted by molar-refractivity contribution is 7.11. The quantitative estimate of drug-likeness (QED) is 0.695. The van der Waals surface area contributed by atoms with Crippen LogP contribution in [0.25, 0.3) is 5.57 Å². The Morgan fingerprint density at radius 1 is 1.36 bits per heavy atom. The normalized spacial score (nSPS) is 15.6. The number of thiophene rings is 1. The maximum Gasteiger partial charge on any atom is 0.0340 e. The highest BCUT2D eigenvalue weighted by Crippen LogP contribution is 2.30. The van der Waals surface area contributed by atoms with Crippen molar-refractivity contribution in [3.63, 3.8) is 0 Å². The lowest BCUT2D eigenvalue weighted by Crippen LogP contribution is -1.91. The van der Waals surface area contributed by atoms with Gasteiger partial charge < -0.3 is 0 Å². The predicted molar refractivity (Wildman–Crippen MR) is 63.0 cm³/mol. The molecule has 0 spiro atoms. The van der Waals surface area contributed by atoms with Crippen LogP contribution in [0.1, 0.15) is 23.8 Å². The topological polar surface area (TPSA) is 0 Å². The first-order valence-electron chi connectivity index (χ1n) is 4.95. The molecular formula is C13H13S. The van der Waals surface area contributed by atoms with Crippen molar-refractivity contribution in [3.05, 3.63) is 53.0 Å². The highest BCUT2D eigenvalue weighted by atomic mass is 32.1. The third kappa shape index (κ3) is 1.98. The molecule has 3 radical (unpaired) electrons. The van der Waals surface area contributed by atoms with Crippen LogP contribution in [0, 0.1) is 12.8 Å². The van der Waals surface area contributed by atoms with Gasteiger partial charge in [0.2, 0.25) is 0 Å². The minimum atomic E-state index is 1.17. The van der Waals surface area contributed by atoms with Gasteiger partial charge in [0.15, 0.2) is 0 Å². The summed E-state index contributed by atoms with van der Waals surface area (Å²) in [6.45, 7) is 2.22. The van der Waals surface area contributed by atoms with Crippen LogP contribution in [-0.4, -0.2) is 0 Å². The molecule has 1 aromatic heterocycles. The van der Waals surface area contributed by atoms with Crippen LogP contribution in [0.3, 0.4) is 0 Å². The molecule has 0 fully saturated rings. The highest BCUT2D eigenvalue weighted by Gasteiger charge is 2.10. The standard InChI is InChI=1S/C13H13S/c1-2-6-11-9-10-14-13(11)12-7-4-3-5-8-12/h3-5,7,9-10H,2,6H2,1H3. The summed E-state index contributed by atoms with van der Waals surface area (Å²) in [5.41, 5.74) is 2.69. The molecule has 0 saturated heterocycles. The van der Waals surface area contributed by atoms with Gasteiger partial charge in [-0.1, -0.05) is 31.6 Å². The zero-order chi connectivity index (χ0) is 9.80. The summed E-state index contributed by atoms with van der Waals surface area (Å²) in [6, 6.07) is 2.23. The molecule has 2 rings (SSSR count). The van der Waals surface area contributed by atoms with Crippen LogP contribution < -0.4 is 0 Å². The second kappa shape index (κ2) is 4.61. The van der Waals surface area contributed by atoms with E-state index in [2.05, 4.69) is 36.9 Å². The van der Waals surface area contributed by atoms with E-state index in [0.29, 0.717) is 0 Å². The summed E-state index contributed by atoms with van der Waals surface area (Å²) >= 11 is 1.81. The SMILES string of the molecule is CCCc1ccsc1C1=CC=C[CH][C]1. The molecule has 0 atom stereocenters. The van der Waals surface area contributed by atoms with Crippen molar-refractivity contribution in [3.8, 4) is 0 Å². The average Bonchev–Trinajstić information content (AvgIpc) is 2.68. The second-order valence-electron chi connectivity index (χ2n) is 3.30. The average molecular weight is 201 g/mol. The van der Waals surface area contributed by atoms with Crippen LogP contribution in [-0.2, 0) is 6.42 Å². The summed E-state index contributed by atoms with van der Waals surface area (Å²) in [7, 11) is 0. The molecular weight excluding hydrogens is 188 g/mol. The van der Waals surface area contributed by atoms with Gasteiger partial charge in [-0.05, 0) is 35.4 Å². The van der Waals surface area contributed by atoms with E-state index in [1.165, 1.54) is 28.9 Å². The van der Waals surface area contributed by atoms with Crippen LogP contribution >= 0.6 is 11.3 Å². The molecule has 0 nitrogen and oxygen atoms in total. The van der Waals surface area contributed by atoms with Gasteiger partial charge in [-0.25, -0.2) is 0 Å². The van der Waals surface area contributed by atoms with Crippen molar-refractivity contribution in [1.82, 2.24) is 0 Å². The molecule has 1 aromatic rings. The van der Waals surface area contributed by atoms with E-state index >= 15 is 0 Å². The Balaban J connectivity index is 2.26. The van der Waals surface area contributed by atoms with E-state index in [-0.39, 0.29) is 0 Å². The molecule has 0 aliphatic heterocycles. The van der Waals surface area contributed by atoms with Crippen molar-refractivity contribution >= 4 is 16.9 Å². The number of hydrogen-bond acceptors (Lipinski definition) is 1. The van der Waals surface area contributed by atoms with Crippen molar-refractivity contribution in [2.75, 3.05) is 0 Å². The first-order valence-corrected chi connectivity index (χ1v) is 5.83. The largest absolute Gasteiger partial charge is 0.144 e. The Hall–Kier alpha value is -0.820. The van der Waals surface area contributed by atoms with E-state index in [9.17, 15) is 0 Å². The predicted octanol–water partition coefficient (Wildman–Crippen LogP) is 3.94. The molecule has 1 aliphatic carbocycles. The molecule has 0 unspecified atom stereocenters. The number of aryl methyl sites for hydroxylation is 1. The molecule has 1 aliphatic rings. The van der Waals surface area contributed by atoms with E-state index in [0.717, 1.165) is 0 Å². The summed E-state index contributed by atoms with van der Waals surface area (Å²) in [4.78, 5) is 1.38. The number of rotatable bonds is 3. The first-order chi connectivity index (χ1) is 6.92. The number of allylic oxidation sites excluding steroid dienone is 4. The van der Waals surface area contributed by atoms with Gasteiger partial charge in [-0.3, -0.25) is 0 Å². The van der Waals surface area contributed by atoms with Gasteiger partial charge >= 0.3 is 0 Å². The van der Waals surface area contributed by atoms with Crippen molar-refractivity contribution in [2.24, 2.45) is 0 Å². The molecule has 0 amide bonds. The Morgan fingerprint density at radius 2 is 2.29 bits per heavy atom. The monoisotopic (exact) mass is 201 g/mol. The van der Waals surface area contributed by atoms with Gasteiger partial charge in [0, 0.05) is 11.3 Å². The van der Waals surface area contributed by atoms with Gasteiger partial charge in [-0.2, -0.15) is 0 Å². The maximum absolute atomic E-state index is 3.28. The maximum atomic E-state index is 3.28. The van der Waals surface area contributed by atoms with Gasteiger partial charge in [0.05, 0.1) is 0 Å². The summed E-state index contributed by atoms with van der Waals surface area (Å²) in [6.07, 6.45) is 13.8. The third-order valence-electron chi connectivity index (χ3n) is 2.22. The van der Waals surface area contributed by atoms with Crippen LogP contribution in [0.15, 0.2) is 29.7 Å². The van der Waals surface area contributed by atoms with Crippen LogP contribution in [0.4, 0.5) is 0 Å². The molecule has 71 valence electrons. The summed E-state index contributed by atoms with van der Waals surface area (Å²) in [5, 5.41) is 2.17. The van der Waals surface area contributed by atoms with E-state index in [4.69, 9.17) is 0 Å². The van der Waals surface area contributed by atoms with Gasteiger partial charge in [-0.15, -0.1) is 11.3 Å². The van der Waals surface area contributed by atoms with Crippen LogP contribution in [0.5, 0.6) is 0 Å². The van der Waals surface area contributed by atoms with Crippen molar-refractivity contribution in [1.29, 1.82) is 0 Å². The fourth-order valence-electron chi connectivity index (χ4n) is 1.57. The second-order valence-corrected chi connectivity index (χ2v) is 4.22. The first kappa shape index (κ1) is 9.72. The molecule has 0 aromatic carbocycles. The smallest absolute Gasteiger partial charge is 0.0340 e. The molecule has 0 saturated carbocycles. The van der Waals surface area contributed by atoms with Gasteiger partial charge in [0.25, 0.3) is 0 Å². The Bertz CT molecular complexity index is 355. The molecule has 1 heterocycles. The summed E-state index contributed by atoms with van der Waals surface area (Å²) in [5.74, 6) is 0. The Morgan fingerprint density at radius 3 is 3.00 bits per heavy atom. The Kier molecular flexibility index (Phi) is 3.20. The lowest BCUT2D eigenvalue weighted by Gasteiger charge is -2.08. The van der Waals surface area contributed by atoms with E-state index in [1.807, 2.05) is 23.8 Å². The zero-order valence-corrected chi connectivity index (χ0v) is 9.10. The molecule has 14 heavy (non-hydrogen) atoms. The zero-order valence-electron chi connectivity index (χ0n) is 8.29. The van der Waals surface area contributed by atoms with Crippen molar-refractivity contribution in [2.45, 2.75) is 19.8 Å². The van der Waals surface area contributed by atoms with Crippen molar-refractivity contribution < 1.29 is 0 Å². The minimum absolute atomic E-state index is 1.17. The number of hydrogen-bond donors (Lipinski definition) is 0. The molecule has 0 N–H and O–H groups in total. The third-order valence-corrected chi connectivity index (χ3v) is 3.21. The molecule has 1 heteroatoms. The minimum Gasteiger partial charge on any atom is -0.144 e. The summed E-state index contributed by atoms with van der Waals surface area (Å²) < 4.78 is 0. The lowest BCUT2D eigenvalue weighted by molar-refractivity contribution is 0.924. The Labute approximate surface area is 90.0 Å². The fraction of sp³-hybridized carbons (Fsp3) is 0.231. The van der Waals surface area contributed by atoms with E-state index < -0.39 is 0 Å².